The second-order valence-electron chi connectivity index (χ2n) is 15.5. The van der Waals surface area contributed by atoms with Crippen molar-refractivity contribution in [3.05, 3.63) is 217 Å². The number of benzene rings is 6. The molecule has 0 radical (unpaired) electrons. The van der Waals surface area contributed by atoms with Crippen molar-refractivity contribution < 1.29 is 23.7 Å². The first-order valence-electron chi connectivity index (χ1n) is 20.9. The molecule has 0 unspecified atom stereocenters. The molecule has 19 heteroatoms. The van der Waals surface area contributed by atoms with Crippen LogP contribution in [-0.2, 0) is 15.6 Å². The molecule has 8 rings (SSSR count). The van der Waals surface area contributed by atoms with Gasteiger partial charge in [-0.1, -0.05) is 46.3 Å². The minimum atomic E-state index is -1.67. The molecule has 71 heavy (non-hydrogen) atoms. The maximum Gasteiger partial charge on any atom is 0.335 e. The number of imidazole rings is 2. The Hall–Kier alpha value is -4.16. The maximum absolute atomic E-state index is 12.6. The SMILES string of the molecule is Cc1cc(CC(=O)c2ccc(C)c(I)c2)cc(-n2ccnc2)c1.Cc1cc(N)cc(-n2ccnc2)c1.Cc1cc(N)cc(Br)c1.Cc1ccc(C(=O)Cl)cc1I.Cc1ccc(C(=O)O)cc1I.O=S(Cl)Cl. The first-order chi connectivity index (χ1) is 33.4. The summed E-state index contributed by atoms with van der Waals surface area (Å²) in [5, 5.41) is 8.20. The van der Waals surface area contributed by atoms with Crippen molar-refractivity contribution in [1.29, 1.82) is 0 Å². The fourth-order valence-corrected chi connectivity index (χ4v) is 8.40. The molecule has 0 aliphatic carbocycles. The lowest BCUT2D eigenvalue weighted by Gasteiger charge is -2.09. The number of carboxylic acid groups (broad SMARTS) is 1. The van der Waals surface area contributed by atoms with Crippen molar-refractivity contribution >= 4 is 154 Å². The molecule has 0 fully saturated rings. The number of nitrogens with zero attached hydrogens (tertiary/aromatic N) is 4. The molecule has 0 amide bonds. The van der Waals surface area contributed by atoms with Gasteiger partial charge in [0.05, 0.1) is 18.2 Å². The number of carbonyl (C=O) groups is 3. The zero-order valence-corrected chi connectivity index (χ0v) is 50.3. The lowest BCUT2D eigenvalue weighted by atomic mass is 10.0. The molecule has 0 aliphatic rings. The summed E-state index contributed by atoms with van der Waals surface area (Å²) >= 11 is 15.2. The van der Waals surface area contributed by atoms with Crippen molar-refractivity contribution in [1.82, 2.24) is 19.1 Å². The number of carboxylic acids is 1. The lowest BCUT2D eigenvalue weighted by Crippen LogP contribution is -2.05. The van der Waals surface area contributed by atoms with Crippen LogP contribution in [0.5, 0.6) is 0 Å². The smallest absolute Gasteiger partial charge is 0.335 e. The van der Waals surface area contributed by atoms with E-state index in [-0.39, 0.29) is 5.78 Å². The Balaban J connectivity index is 0.000000241. The Morgan fingerprint density at radius 2 is 1.01 bits per heavy atom. The fraction of sp³-hybridized carbons (Fsp3) is 0.135. The van der Waals surface area contributed by atoms with E-state index in [4.69, 9.17) is 32.4 Å². The summed E-state index contributed by atoms with van der Waals surface area (Å²) < 4.78 is 17.2. The van der Waals surface area contributed by atoms with Crippen LogP contribution >= 0.6 is 117 Å². The maximum atomic E-state index is 12.6. The van der Waals surface area contributed by atoms with Gasteiger partial charge >= 0.3 is 5.97 Å². The number of Topliss-reactive ketones (excluding diaryl/α,β-unsaturated/α-hetero) is 1. The molecule has 372 valence electrons. The van der Waals surface area contributed by atoms with Crippen LogP contribution in [0.3, 0.4) is 0 Å². The van der Waals surface area contributed by atoms with Gasteiger partial charge in [-0.2, -0.15) is 0 Å². The molecule has 2 aromatic heterocycles. The van der Waals surface area contributed by atoms with E-state index < -0.39 is 20.4 Å². The number of ketones is 1. The third-order valence-electron chi connectivity index (χ3n) is 9.55. The molecule has 0 spiro atoms. The van der Waals surface area contributed by atoms with Crippen LogP contribution in [0.1, 0.15) is 70.0 Å². The number of carbonyl (C=O) groups excluding carboxylic acids is 2. The number of nitrogen functional groups attached to an aromatic ring is 2. The van der Waals surface area contributed by atoms with Gasteiger partial charge in [0.15, 0.2) is 5.78 Å². The van der Waals surface area contributed by atoms with Gasteiger partial charge in [-0.15, -0.1) is 0 Å². The summed E-state index contributed by atoms with van der Waals surface area (Å²) in [6, 6.07) is 34.3. The Bertz CT molecular complexity index is 2950. The highest BCUT2D eigenvalue weighted by Crippen LogP contribution is 2.20. The van der Waals surface area contributed by atoms with E-state index in [9.17, 15) is 14.4 Å². The van der Waals surface area contributed by atoms with Crippen molar-refractivity contribution in [2.45, 2.75) is 48.0 Å². The molecule has 11 nitrogen and oxygen atoms in total. The van der Waals surface area contributed by atoms with Crippen molar-refractivity contribution in [3.63, 3.8) is 0 Å². The summed E-state index contributed by atoms with van der Waals surface area (Å²) in [7, 11) is 7.36. The van der Waals surface area contributed by atoms with Gasteiger partial charge in [0.25, 0.3) is 5.24 Å². The van der Waals surface area contributed by atoms with Crippen molar-refractivity contribution in [2.24, 2.45) is 0 Å². The molecule has 0 saturated carbocycles. The van der Waals surface area contributed by atoms with E-state index in [0.29, 0.717) is 17.5 Å². The monoisotopic (exact) mass is 1430 g/mol. The Morgan fingerprint density at radius 1 is 0.606 bits per heavy atom. The molecule has 0 saturated heterocycles. The molecule has 5 N–H and O–H groups in total. The third-order valence-corrected chi connectivity index (χ3v) is 13.7. The summed E-state index contributed by atoms with van der Waals surface area (Å²) in [5.41, 5.74) is 24.6. The summed E-state index contributed by atoms with van der Waals surface area (Å²) in [6.07, 6.45) is 11.2. The number of anilines is 2. The van der Waals surface area contributed by atoms with E-state index in [1.807, 2.05) is 130 Å². The van der Waals surface area contributed by atoms with E-state index in [0.717, 1.165) is 71.3 Å². The molecule has 2 heterocycles. The van der Waals surface area contributed by atoms with Gasteiger partial charge in [0, 0.05) is 102 Å². The van der Waals surface area contributed by atoms with E-state index >= 15 is 0 Å². The first-order valence-corrected chi connectivity index (χ1v) is 28.1. The van der Waals surface area contributed by atoms with Crippen LogP contribution < -0.4 is 11.5 Å². The summed E-state index contributed by atoms with van der Waals surface area (Å²) in [4.78, 5) is 41.8. The minimum Gasteiger partial charge on any atom is -0.478 e. The van der Waals surface area contributed by atoms with Gasteiger partial charge in [-0.25, -0.2) is 19.0 Å². The predicted molar refractivity (Wildman–Crippen MR) is 321 cm³/mol. The topological polar surface area (TPSA) is 176 Å². The van der Waals surface area contributed by atoms with Gasteiger partial charge in [0.1, 0.15) is 0 Å². The summed E-state index contributed by atoms with van der Waals surface area (Å²) in [6.45, 7) is 12.1. The Labute approximate surface area is 480 Å². The van der Waals surface area contributed by atoms with Crippen LogP contribution in [0.4, 0.5) is 11.4 Å². The zero-order chi connectivity index (χ0) is 52.9. The van der Waals surface area contributed by atoms with Crippen LogP contribution in [0.25, 0.3) is 11.4 Å². The second-order valence-corrected chi connectivity index (χ2v) is 22.8. The van der Waals surface area contributed by atoms with Gasteiger partial charge in [0.2, 0.25) is 9.23 Å². The number of halogens is 7. The van der Waals surface area contributed by atoms with Crippen molar-refractivity contribution in [3.8, 4) is 11.4 Å². The molecule has 0 aliphatic heterocycles. The first kappa shape index (κ1) is 61.1. The van der Waals surface area contributed by atoms with Crippen LogP contribution in [0.15, 0.2) is 151 Å². The molecule has 6 aromatic carbocycles. The number of hydrogen-bond donors (Lipinski definition) is 3. The number of aryl methyl sites for hydroxylation is 6. The average Bonchev–Trinajstić information content (AvgIpc) is 4.03. The van der Waals surface area contributed by atoms with Gasteiger partial charge < -0.3 is 25.7 Å². The minimum absolute atomic E-state index is 0.144. The van der Waals surface area contributed by atoms with Crippen LogP contribution in [0.2, 0.25) is 0 Å². The summed E-state index contributed by atoms with van der Waals surface area (Å²) in [5.74, 6) is -0.729. The van der Waals surface area contributed by atoms with E-state index in [1.165, 1.54) is 11.1 Å². The second kappa shape index (κ2) is 30.8. The van der Waals surface area contributed by atoms with Crippen LogP contribution in [-0.4, -0.2) is 45.4 Å². The number of rotatable bonds is 7. The highest BCUT2D eigenvalue weighted by Gasteiger charge is 2.11. The number of hydrogen-bond acceptors (Lipinski definition) is 8. The standard InChI is InChI=1S/C19H17IN2O.C10H11N3.C8H6ClIO.C8H7IO2.C7H8BrN.Cl2OS/c1-13-7-15(9-17(8-13)22-6-5-21-12-22)10-19(23)16-4-3-14(2)18(20)11-16;1-8-4-9(11)6-10(5-8)13-3-2-12-7-13;1-5-2-3-6(8(9)11)4-7(5)10;1-5-2-3-6(8(10)11)4-7(5)9;1-5-2-6(8)4-7(9)3-5;1-4(2)3/h3-9,11-12H,10H2,1-2H3;2-7H,11H2,1H3;2-4H,1H3;2-4H,1H3,(H,10,11);2-4H,9H2,1H3;. The third kappa shape index (κ3) is 22.7. The molecular weight excluding hydrogens is 1390 g/mol. The quantitative estimate of drug-likeness (QED) is 0.0607. The normalized spacial score (nSPS) is 10.1. The average molecular weight is 1440 g/mol. The fourth-order valence-electron chi connectivity index (χ4n) is 6.12. The van der Waals surface area contributed by atoms with E-state index in [1.54, 1.807) is 49.3 Å². The van der Waals surface area contributed by atoms with Crippen molar-refractivity contribution in [2.75, 3.05) is 11.5 Å². The molecule has 0 bridgehead atoms. The van der Waals surface area contributed by atoms with E-state index in [2.05, 4.69) is 133 Å². The lowest BCUT2D eigenvalue weighted by molar-refractivity contribution is 0.0696. The highest BCUT2D eigenvalue weighted by atomic mass is 127. The Kier molecular flexibility index (Phi) is 26.5. The number of aromatic carboxylic acids is 1. The largest absolute Gasteiger partial charge is 0.478 e. The highest BCUT2D eigenvalue weighted by molar-refractivity contribution is 14.1. The molecule has 0 atom stereocenters. The van der Waals surface area contributed by atoms with Gasteiger partial charge in [-0.05, 0) is 239 Å². The molecule has 8 aromatic rings. The Morgan fingerprint density at radius 3 is 1.42 bits per heavy atom. The van der Waals surface area contributed by atoms with Crippen LogP contribution in [0, 0.1) is 52.3 Å². The van der Waals surface area contributed by atoms with Gasteiger partial charge in [-0.3, -0.25) is 9.59 Å². The molecular formula is C52H49BrCl3I3N6O5S. The number of nitrogens with two attached hydrogens (primary N) is 2. The zero-order valence-electron chi connectivity index (χ0n) is 39.1. The number of aromatic nitrogens is 4. The predicted octanol–water partition coefficient (Wildman–Crippen LogP) is 14.9.